The first-order chi connectivity index (χ1) is 7.72. The van der Waals surface area contributed by atoms with E-state index in [-0.39, 0.29) is 6.42 Å². The molecule has 0 spiro atoms. The van der Waals surface area contributed by atoms with Crippen molar-refractivity contribution in [2.45, 2.75) is 12.8 Å². The van der Waals surface area contributed by atoms with Crippen LogP contribution in [0.2, 0.25) is 0 Å². The van der Waals surface area contributed by atoms with Gasteiger partial charge < -0.3 is 5.11 Å². The van der Waals surface area contributed by atoms with Gasteiger partial charge in [-0.05, 0) is 18.1 Å². The summed E-state index contributed by atoms with van der Waals surface area (Å²) in [5.74, 6) is -0.851. The van der Waals surface area contributed by atoms with E-state index in [9.17, 15) is 9.70 Å². The van der Waals surface area contributed by atoms with Crippen molar-refractivity contribution in [1.29, 1.82) is 0 Å². The van der Waals surface area contributed by atoms with Gasteiger partial charge in [0.25, 0.3) is 0 Å². The van der Waals surface area contributed by atoms with E-state index in [1.807, 2.05) is 18.2 Å². The lowest BCUT2D eigenvalue weighted by Gasteiger charge is -1.94. The molecule has 0 bridgehead atoms. The number of carboxylic acids is 1. The Morgan fingerprint density at radius 3 is 2.81 bits per heavy atom. The van der Waals surface area contributed by atoms with Crippen LogP contribution in [0, 0.1) is 4.91 Å². The van der Waals surface area contributed by atoms with E-state index < -0.39 is 5.97 Å². The maximum absolute atomic E-state index is 10.6. The second-order valence-corrected chi connectivity index (χ2v) is 3.49. The molecular formula is C11H10N2O3. The molecule has 1 aromatic carbocycles. The Kier molecular flexibility index (Phi) is 2.68. The van der Waals surface area contributed by atoms with Crippen molar-refractivity contribution in [3.63, 3.8) is 0 Å². The van der Waals surface area contributed by atoms with Crippen LogP contribution in [-0.2, 0) is 11.2 Å². The maximum Gasteiger partial charge on any atom is 0.303 e. The smallest absolute Gasteiger partial charge is 0.303 e. The van der Waals surface area contributed by atoms with Crippen molar-refractivity contribution in [2.24, 2.45) is 5.29 Å². The summed E-state index contributed by atoms with van der Waals surface area (Å²) in [5, 5.41) is 12.4. The summed E-state index contributed by atoms with van der Waals surface area (Å²) in [7, 11) is 0. The zero-order valence-corrected chi connectivity index (χ0v) is 8.46. The van der Waals surface area contributed by atoms with Gasteiger partial charge in [0.05, 0.1) is 10.8 Å². The molecule has 5 heteroatoms. The van der Waals surface area contributed by atoms with Gasteiger partial charge in [-0.2, -0.15) is 0 Å². The lowest BCUT2D eigenvalue weighted by Crippen LogP contribution is -1.96. The average molecular weight is 218 g/mol. The van der Waals surface area contributed by atoms with Gasteiger partial charge in [-0.25, -0.2) is 4.68 Å². The summed E-state index contributed by atoms with van der Waals surface area (Å²) in [6, 6.07) is 7.29. The zero-order chi connectivity index (χ0) is 11.5. The first-order valence-electron chi connectivity index (χ1n) is 4.87. The van der Waals surface area contributed by atoms with Crippen LogP contribution in [0.15, 0.2) is 35.7 Å². The van der Waals surface area contributed by atoms with E-state index in [0.717, 1.165) is 10.9 Å². The Hall–Kier alpha value is -2.17. The molecule has 0 fully saturated rings. The predicted molar refractivity (Wildman–Crippen MR) is 59.1 cm³/mol. The minimum absolute atomic E-state index is 0.0485. The fourth-order valence-electron chi connectivity index (χ4n) is 1.74. The number of carboxylic acid groups (broad SMARTS) is 1. The van der Waals surface area contributed by atoms with Gasteiger partial charge in [0.15, 0.2) is 0 Å². The largest absolute Gasteiger partial charge is 0.481 e. The van der Waals surface area contributed by atoms with Crippen LogP contribution in [0.5, 0.6) is 0 Å². The van der Waals surface area contributed by atoms with Crippen LogP contribution >= 0.6 is 0 Å². The number of hydrogen-bond acceptors (Lipinski definition) is 3. The van der Waals surface area contributed by atoms with E-state index in [0.29, 0.717) is 11.9 Å². The Morgan fingerprint density at radius 2 is 2.12 bits per heavy atom. The molecule has 0 aliphatic heterocycles. The molecular weight excluding hydrogens is 208 g/mol. The number of nitroso groups, excluding NO2 is 1. The van der Waals surface area contributed by atoms with E-state index in [2.05, 4.69) is 5.29 Å². The molecule has 1 N–H and O–H groups in total. The van der Waals surface area contributed by atoms with E-state index in [1.165, 1.54) is 4.68 Å². The minimum atomic E-state index is -0.851. The van der Waals surface area contributed by atoms with Crippen LogP contribution in [0.3, 0.4) is 0 Å². The zero-order valence-electron chi connectivity index (χ0n) is 8.46. The predicted octanol–water partition coefficient (Wildman–Crippen LogP) is 2.19. The molecule has 1 aromatic heterocycles. The Balaban J connectivity index is 2.45. The minimum Gasteiger partial charge on any atom is -0.481 e. The third-order valence-corrected chi connectivity index (χ3v) is 2.47. The summed E-state index contributed by atoms with van der Waals surface area (Å²) in [6.45, 7) is 0. The van der Waals surface area contributed by atoms with E-state index >= 15 is 0 Å². The van der Waals surface area contributed by atoms with Gasteiger partial charge >= 0.3 is 5.97 Å². The first-order valence-corrected chi connectivity index (χ1v) is 4.87. The SMILES string of the molecule is O=Nn1cc(CCC(=O)O)c2ccccc21. The van der Waals surface area contributed by atoms with E-state index in [4.69, 9.17) is 5.11 Å². The number of nitrogens with zero attached hydrogens (tertiary/aromatic N) is 2. The van der Waals surface area contributed by atoms with Crippen molar-refractivity contribution < 1.29 is 9.90 Å². The average Bonchev–Trinajstić information content (AvgIpc) is 2.65. The third kappa shape index (κ3) is 1.79. The lowest BCUT2D eigenvalue weighted by atomic mass is 10.1. The number of aromatic nitrogens is 1. The van der Waals surface area contributed by atoms with Gasteiger partial charge in [0, 0.05) is 18.0 Å². The van der Waals surface area contributed by atoms with Gasteiger partial charge in [-0.1, -0.05) is 18.2 Å². The number of para-hydroxylation sites is 1. The molecule has 2 aromatic rings. The summed E-state index contributed by atoms with van der Waals surface area (Å²) in [6.07, 6.45) is 2.03. The highest BCUT2D eigenvalue weighted by Crippen LogP contribution is 2.22. The maximum atomic E-state index is 10.6. The van der Waals surface area contributed by atoms with Crippen molar-refractivity contribution in [1.82, 2.24) is 4.68 Å². The van der Waals surface area contributed by atoms with Gasteiger partial charge in [-0.15, -0.1) is 4.91 Å². The van der Waals surface area contributed by atoms with Crippen LogP contribution < -0.4 is 0 Å². The van der Waals surface area contributed by atoms with Crippen LogP contribution in [0.1, 0.15) is 12.0 Å². The molecule has 0 aliphatic carbocycles. The van der Waals surface area contributed by atoms with Gasteiger partial charge in [-0.3, -0.25) is 4.79 Å². The third-order valence-electron chi connectivity index (χ3n) is 2.47. The molecule has 0 radical (unpaired) electrons. The molecule has 1 heterocycles. The Morgan fingerprint density at radius 1 is 1.38 bits per heavy atom. The number of carbonyl (C=O) groups is 1. The van der Waals surface area contributed by atoms with Gasteiger partial charge in [0.2, 0.25) is 0 Å². The molecule has 0 saturated carbocycles. The van der Waals surface area contributed by atoms with Crippen LogP contribution in [0.4, 0.5) is 0 Å². The summed E-state index contributed by atoms with van der Waals surface area (Å²) < 4.78 is 1.23. The highest BCUT2D eigenvalue weighted by atomic mass is 16.4. The normalized spacial score (nSPS) is 10.5. The highest BCUT2D eigenvalue weighted by Gasteiger charge is 2.09. The number of fused-ring (bicyclic) bond motifs is 1. The Labute approximate surface area is 91.2 Å². The number of benzene rings is 1. The molecule has 5 nitrogen and oxygen atoms in total. The van der Waals surface area contributed by atoms with Crippen molar-refractivity contribution >= 4 is 16.9 Å². The number of hydrogen-bond donors (Lipinski definition) is 1. The second-order valence-electron chi connectivity index (χ2n) is 3.49. The summed E-state index contributed by atoms with van der Waals surface area (Å²) >= 11 is 0. The molecule has 2 rings (SSSR count). The fourth-order valence-corrected chi connectivity index (χ4v) is 1.74. The van der Waals surface area contributed by atoms with Crippen molar-refractivity contribution in [3.8, 4) is 0 Å². The highest BCUT2D eigenvalue weighted by molar-refractivity contribution is 5.84. The standard InChI is InChI=1S/C11H10N2O3/c14-11(15)6-5-8-7-13(12-16)10-4-2-1-3-9(8)10/h1-4,7H,5-6H2,(H,14,15). The molecule has 0 saturated heterocycles. The molecule has 0 unspecified atom stereocenters. The van der Waals surface area contributed by atoms with Crippen LogP contribution in [0.25, 0.3) is 10.9 Å². The monoisotopic (exact) mass is 218 g/mol. The molecule has 16 heavy (non-hydrogen) atoms. The number of rotatable bonds is 4. The Bertz CT molecular complexity index is 545. The molecule has 0 atom stereocenters. The lowest BCUT2D eigenvalue weighted by molar-refractivity contribution is -0.136. The number of aliphatic carboxylic acids is 1. The molecule has 82 valence electrons. The number of aryl methyl sites for hydroxylation is 1. The van der Waals surface area contributed by atoms with E-state index in [1.54, 1.807) is 12.3 Å². The quantitative estimate of drug-likeness (QED) is 0.799. The summed E-state index contributed by atoms with van der Waals surface area (Å²) in [4.78, 5) is 21.1. The molecule has 0 amide bonds. The molecule has 0 aliphatic rings. The first kappa shape index (κ1) is 10.4. The van der Waals surface area contributed by atoms with Gasteiger partial charge in [0.1, 0.15) is 0 Å². The van der Waals surface area contributed by atoms with Crippen molar-refractivity contribution in [3.05, 3.63) is 40.9 Å². The summed E-state index contributed by atoms with van der Waals surface area (Å²) in [5.41, 5.74) is 1.54. The van der Waals surface area contributed by atoms with Crippen LogP contribution in [-0.4, -0.2) is 15.8 Å². The van der Waals surface area contributed by atoms with Crippen molar-refractivity contribution in [2.75, 3.05) is 0 Å². The second kappa shape index (κ2) is 4.14. The fraction of sp³-hybridized carbons (Fsp3) is 0.182. The topological polar surface area (TPSA) is 71.7 Å².